The third kappa shape index (κ3) is 3.50. The van der Waals surface area contributed by atoms with Gasteiger partial charge in [0.2, 0.25) is 5.91 Å². The third-order valence-electron chi connectivity index (χ3n) is 5.25. The van der Waals surface area contributed by atoms with Crippen molar-refractivity contribution in [1.29, 1.82) is 0 Å². The molecule has 0 spiro atoms. The lowest BCUT2D eigenvalue weighted by molar-refractivity contribution is -0.159. The van der Waals surface area contributed by atoms with Crippen molar-refractivity contribution in [2.45, 2.75) is 25.2 Å². The number of piperidine rings is 1. The number of hydrogen-bond donors (Lipinski definition) is 1. The van der Waals surface area contributed by atoms with E-state index in [1.807, 2.05) is 12.1 Å². The van der Waals surface area contributed by atoms with Crippen LogP contribution < -0.4 is 0 Å². The predicted octanol–water partition coefficient (Wildman–Crippen LogP) is 3.44. The Morgan fingerprint density at radius 1 is 1.40 bits per heavy atom. The first-order valence-corrected chi connectivity index (χ1v) is 9.10. The van der Waals surface area contributed by atoms with Crippen molar-refractivity contribution in [1.82, 2.24) is 4.90 Å². The Balaban J connectivity index is 1.72. The minimum Gasteiger partial charge on any atom is -0.481 e. The van der Waals surface area contributed by atoms with Gasteiger partial charge in [0.05, 0.1) is 16.7 Å². The van der Waals surface area contributed by atoms with E-state index in [0.29, 0.717) is 29.4 Å². The number of carboxylic acids is 1. The van der Waals surface area contributed by atoms with E-state index < -0.39 is 11.4 Å². The maximum atomic E-state index is 12.9. The van der Waals surface area contributed by atoms with E-state index in [4.69, 9.17) is 27.9 Å². The molecule has 136 valence electrons. The summed E-state index contributed by atoms with van der Waals surface area (Å²) in [5.74, 6) is -0.995. The number of carbonyl (C=O) groups is 2. The summed E-state index contributed by atoms with van der Waals surface area (Å²) in [7, 11) is 1.49. The number of amides is 1. The Labute approximate surface area is 156 Å². The van der Waals surface area contributed by atoms with Crippen LogP contribution in [0.15, 0.2) is 18.2 Å². The molecule has 1 aliphatic heterocycles. The van der Waals surface area contributed by atoms with E-state index in [2.05, 4.69) is 0 Å². The summed E-state index contributed by atoms with van der Waals surface area (Å²) in [6, 6.07) is 5.45. The van der Waals surface area contributed by atoms with Gasteiger partial charge in [-0.3, -0.25) is 9.59 Å². The van der Waals surface area contributed by atoms with E-state index in [1.165, 1.54) is 7.11 Å². The fraction of sp³-hybridized carbons (Fsp3) is 0.556. The molecule has 5 nitrogen and oxygen atoms in total. The molecule has 3 atom stereocenters. The predicted molar refractivity (Wildman–Crippen MR) is 95.1 cm³/mol. The lowest BCUT2D eigenvalue weighted by Crippen LogP contribution is -2.52. The first kappa shape index (κ1) is 18.5. The van der Waals surface area contributed by atoms with Gasteiger partial charge in [-0.05, 0) is 36.8 Å². The maximum absolute atomic E-state index is 12.9. The molecule has 3 unspecified atom stereocenters. The van der Waals surface area contributed by atoms with E-state index in [9.17, 15) is 14.7 Å². The highest BCUT2D eigenvalue weighted by atomic mass is 35.5. The number of nitrogens with zero attached hydrogens (tertiary/aromatic N) is 1. The summed E-state index contributed by atoms with van der Waals surface area (Å²) in [5, 5.41) is 10.6. The number of hydrogen-bond acceptors (Lipinski definition) is 3. The first-order chi connectivity index (χ1) is 11.9. The van der Waals surface area contributed by atoms with E-state index in [1.54, 1.807) is 11.0 Å². The van der Waals surface area contributed by atoms with Crippen LogP contribution in [0.25, 0.3) is 0 Å². The molecule has 1 saturated carbocycles. The van der Waals surface area contributed by atoms with Crippen LogP contribution in [0.3, 0.4) is 0 Å². The number of rotatable bonds is 5. The number of carbonyl (C=O) groups excluding carboxylic acids is 1. The molecule has 7 heteroatoms. The highest BCUT2D eigenvalue weighted by Crippen LogP contribution is 2.52. The summed E-state index contributed by atoms with van der Waals surface area (Å²) >= 11 is 12.3. The van der Waals surface area contributed by atoms with Crippen molar-refractivity contribution >= 4 is 35.1 Å². The molecule has 3 rings (SSSR count). The molecular formula is C18H21Cl2NO4. The average molecular weight is 386 g/mol. The van der Waals surface area contributed by atoms with Gasteiger partial charge in [-0.1, -0.05) is 35.3 Å². The number of methoxy groups -OCH3 is 1. The van der Waals surface area contributed by atoms with Gasteiger partial charge >= 0.3 is 5.97 Å². The summed E-state index contributed by atoms with van der Waals surface area (Å²) in [4.78, 5) is 26.3. The smallest absolute Gasteiger partial charge is 0.313 e. The molecule has 2 fully saturated rings. The number of carboxylic acid groups (broad SMARTS) is 1. The van der Waals surface area contributed by atoms with E-state index >= 15 is 0 Å². The van der Waals surface area contributed by atoms with Gasteiger partial charge in [0.15, 0.2) is 0 Å². The minimum absolute atomic E-state index is 0.00229. The fourth-order valence-corrected chi connectivity index (χ4v) is 4.25. The summed E-state index contributed by atoms with van der Waals surface area (Å²) in [5.41, 5.74) is -0.119. The van der Waals surface area contributed by atoms with E-state index in [-0.39, 0.29) is 30.9 Å². The second kappa shape index (κ2) is 7.14. The van der Waals surface area contributed by atoms with Gasteiger partial charge in [0, 0.05) is 26.1 Å². The van der Waals surface area contributed by atoms with Gasteiger partial charge < -0.3 is 14.7 Å². The normalized spacial score (nSPS) is 28.7. The second-order valence-corrected chi connectivity index (χ2v) is 7.76. The first-order valence-electron chi connectivity index (χ1n) is 8.34. The van der Waals surface area contributed by atoms with Gasteiger partial charge in [-0.25, -0.2) is 0 Å². The SMILES string of the molecule is COCC1(C(=O)O)CCCN(C(=O)C2CC2c2cccc(Cl)c2Cl)C1. The fourth-order valence-electron chi connectivity index (χ4n) is 3.80. The Morgan fingerprint density at radius 3 is 2.84 bits per heavy atom. The monoisotopic (exact) mass is 385 g/mol. The Hall–Kier alpha value is -1.30. The highest BCUT2D eigenvalue weighted by Gasteiger charge is 2.50. The molecular weight excluding hydrogens is 365 g/mol. The van der Waals surface area contributed by atoms with Crippen molar-refractivity contribution in [3.8, 4) is 0 Å². The van der Waals surface area contributed by atoms with Gasteiger partial charge in [0.25, 0.3) is 0 Å². The van der Waals surface area contributed by atoms with Crippen molar-refractivity contribution in [2.75, 3.05) is 26.8 Å². The van der Waals surface area contributed by atoms with Crippen molar-refractivity contribution in [3.05, 3.63) is 33.8 Å². The standard InChI is InChI=1S/C18H21Cl2NO4/c1-25-10-18(17(23)24)6-3-7-21(9-18)16(22)13-8-12(13)11-4-2-5-14(19)15(11)20/h2,4-5,12-13H,3,6-10H2,1H3,(H,23,24). The Morgan fingerprint density at radius 2 is 2.16 bits per heavy atom. The van der Waals surface area contributed by atoms with Crippen LogP contribution in [0.5, 0.6) is 0 Å². The number of halogens is 2. The zero-order valence-electron chi connectivity index (χ0n) is 14.0. The second-order valence-electron chi connectivity index (χ2n) is 6.97. The summed E-state index contributed by atoms with van der Waals surface area (Å²) < 4.78 is 5.12. The third-order valence-corrected chi connectivity index (χ3v) is 6.08. The molecule has 25 heavy (non-hydrogen) atoms. The number of aliphatic carboxylic acids is 1. The zero-order valence-corrected chi connectivity index (χ0v) is 15.5. The molecule has 1 aromatic rings. The maximum Gasteiger partial charge on any atom is 0.313 e. The molecule has 0 bridgehead atoms. The van der Waals surface area contributed by atoms with Crippen LogP contribution in [-0.4, -0.2) is 48.7 Å². The molecule has 1 heterocycles. The van der Waals surface area contributed by atoms with Crippen LogP contribution >= 0.6 is 23.2 Å². The van der Waals surface area contributed by atoms with Crippen molar-refractivity contribution < 1.29 is 19.4 Å². The molecule has 1 aliphatic carbocycles. The molecule has 0 radical (unpaired) electrons. The quantitative estimate of drug-likeness (QED) is 0.842. The van der Waals surface area contributed by atoms with E-state index in [0.717, 1.165) is 12.0 Å². The minimum atomic E-state index is -1.01. The van der Waals surface area contributed by atoms with Gasteiger partial charge in [0.1, 0.15) is 5.41 Å². The largest absolute Gasteiger partial charge is 0.481 e. The molecule has 1 saturated heterocycles. The molecule has 0 aromatic heterocycles. The van der Waals surface area contributed by atoms with Gasteiger partial charge in [-0.2, -0.15) is 0 Å². The van der Waals surface area contributed by atoms with Crippen molar-refractivity contribution in [3.63, 3.8) is 0 Å². The highest BCUT2D eigenvalue weighted by molar-refractivity contribution is 6.42. The lowest BCUT2D eigenvalue weighted by Gasteiger charge is -2.39. The molecule has 1 aromatic carbocycles. The van der Waals surface area contributed by atoms with Crippen LogP contribution in [-0.2, 0) is 14.3 Å². The van der Waals surface area contributed by atoms with Crippen molar-refractivity contribution in [2.24, 2.45) is 11.3 Å². The van der Waals surface area contributed by atoms with Gasteiger partial charge in [-0.15, -0.1) is 0 Å². The number of likely N-dealkylation sites (tertiary alicyclic amines) is 1. The summed E-state index contributed by atoms with van der Waals surface area (Å²) in [6.07, 6.45) is 1.91. The average Bonchev–Trinajstić information content (AvgIpc) is 3.37. The van der Waals surface area contributed by atoms with Crippen LogP contribution in [0.4, 0.5) is 0 Å². The Bertz CT molecular complexity index is 692. The zero-order chi connectivity index (χ0) is 18.2. The number of ether oxygens (including phenoxy) is 1. The molecule has 1 amide bonds. The molecule has 1 N–H and O–H groups in total. The van der Waals surface area contributed by atoms with Crippen LogP contribution in [0.2, 0.25) is 10.0 Å². The van der Waals surface area contributed by atoms with Crippen LogP contribution in [0.1, 0.15) is 30.7 Å². The summed E-state index contributed by atoms with van der Waals surface area (Å²) in [6.45, 7) is 0.895. The number of benzene rings is 1. The lowest BCUT2D eigenvalue weighted by atomic mass is 9.80. The van der Waals surface area contributed by atoms with Crippen LogP contribution in [0, 0.1) is 11.3 Å². The topological polar surface area (TPSA) is 66.8 Å². The molecule has 2 aliphatic rings. The Kier molecular flexibility index (Phi) is 5.28.